The summed E-state index contributed by atoms with van der Waals surface area (Å²) in [7, 11) is 0. The van der Waals surface area contributed by atoms with Crippen LogP contribution in [0.3, 0.4) is 0 Å². The third kappa shape index (κ3) is 5.87. The van der Waals surface area contributed by atoms with Crippen LogP contribution in [0.2, 0.25) is 0 Å². The Morgan fingerprint density at radius 3 is 2.05 bits per heavy atom. The van der Waals surface area contributed by atoms with E-state index in [9.17, 15) is 9.59 Å². The van der Waals surface area contributed by atoms with E-state index in [1.165, 1.54) is 4.68 Å². The summed E-state index contributed by atoms with van der Waals surface area (Å²) in [5.41, 5.74) is 5.55. The lowest BCUT2D eigenvalue weighted by Gasteiger charge is -2.19. The number of hydrogen-bond donors (Lipinski definition) is 1. The summed E-state index contributed by atoms with van der Waals surface area (Å²) in [6.07, 6.45) is 0. The van der Waals surface area contributed by atoms with Gasteiger partial charge in [-0.05, 0) is 52.1 Å². The largest absolute Gasteiger partial charge is 0.482 e. The topological polar surface area (TPSA) is 81.4 Å². The van der Waals surface area contributed by atoms with E-state index in [1.807, 2.05) is 78.9 Å². The van der Waals surface area contributed by atoms with Crippen molar-refractivity contribution in [1.82, 2.24) is 9.78 Å². The van der Waals surface area contributed by atoms with Crippen LogP contribution in [0.1, 0.15) is 28.3 Å². The Kier molecular flexibility index (Phi) is 7.41. The molecule has 38 heavy (non-hydrogen) atoms. The zero-order valence-electron chi connectivity index (χ0n) is 20.6. The van der Waals surface area contributed by atoms with Gasteiger partial charge in [0.1, 0.15) is 5.75 Å². The highest BCUT2D eigenvalue weighted by molar-refractivity contribution is 5.69. The van der Waals surface area contributed by atoms with Crippen LogP contribution < -0.4 is 10.3 Å². The molecule has 0 saturated heterocycles. The second-order valence-electron chi connectivity index (χ2n) is 8.92. The van der Waals surface area contributed by atoms with Gasteiger partial charge in [-0.25, -0.2) is 9.48 Å². The molecule has 5 rings (SSSR count). The molecule has 188 valence electrons. The fourth-order valence-corrected chi connectivity index (χ4v) is 4.49. The van der Waals surface area contributed by atoms with Gasteiger partial charge in [-0.3, -0.25) is 4.79 Å². The Morgan fingerprint density at radius 1 is 0.763 bits per heavy atom. The Labute approximate surface area is 220 Å². The van der Waals surface area contributed by atoms with Crippen molar-refractivity contribution in [1.29, 1.82) is 0 Å². The third-order valence-corrected chi connectivity index (χ3v) is 6.24. The molecule has 1 heterocycles. The molecule has 0 atom stereocenters. The number of nitrogens with zero attached hydrogens (tertiary/aromatic N) is 2. The molecule has 4 aromatic carbocycles. The van der Waals surface area contributed by atoms with E-state index in [4.69, 9.17) is 14.9 Å². The fourth-order valence-electron chi connectivity index (χ4n) is 4.49. The molecule has 1 N–H and O–H groups in total. The first-order valence-corrected chi connectivity index (χ1v) is 12.3. The van der Waals surface area contributed by atoms with Crippen LogP contribution in [0.15, 0.2) is 126 Å². The molecule has 0 saturated carbocycles. The predicted molar refractivity (Wildman–Crippen MR) is 146 cm³/mol. The van der Waals surface area contributed by atoms with Gasteiger partial charge in [0.2, 0.25) is 0 Å². The zero-order valence-corrected chi connectivity index (χ0v) is 20.6. The van der Waals surface area contributed by atoms with Crippen LogP contribution in [-0.2, 0) is 11.3 Å². The summed E-state index contributed by atoms with van der Waals surface area (Å²) in [5, 5.41) is 13.7. The van der Waals surface area contributed by atoms with Gasteiger partial charge >= 0.3 is 5.97 Å². The van der Waals surface area contributed by atoms with Crippen LogP contribution >= 0.6 is 0 Å². The van der Waals surface area contributed by atoms with Gasteiger partial charge in [-0.1, -0.05) is 91.0 Å². The van der Waals surface area contributed by atoms with Crippen molar-refractivity contribution >= 4 is 5.97 Å². The molecular weight excluding hydrogens is 476 g/mol. The number of aromatic nitrogens is 2. The van der Waals surface area contributed by atoms with Gasteiger partial charge in [0, 0.05) is 6.07 Å². The minimum Gasteiger partial charge on any atom is -0.482 e. The van der Waals surface area contributed by atoms with E-state index in [0.717, 1.165) is 33.5 Å². The first kappa shape index (κ1) is 24.7. The molecule has 0 fully saturated rings. The maximum atomic E-state index is 12.8. The average molecular weight is 503 g/mol. The molecule has 0 aliphatic carbocycles. The van der Waals surface area contributed by atoms with Gasteiger partial charge in [0.25, 0.3) is 5.56 Å². The van der Waals surface area contributed by atoms with Gasteiger partial charge in [-0.2, -0.15) is 5.10 Å². The molecule has 0 unspecified atom stereocenters. The smallest absolute Gasteiger partial charge is 0.341 e. The predicted octanol–water partition coefficient (Wildman–Crippen LogP) is 5.60. The lowest BCUT2D eigenvalue weighted by molar-refractivity contribution is -0.139. The molecule has 0 amide bonds. The number of ether oxygens (including phenoxy) is 1. The number of carboxylic acid groups (broad SMARTS) is 1. The first-order chi connectivity index (χ1) is 18.6. The number of benzene rings is 4. The SMILES string of the molecule is O=C(O)COc1cccc(-c2cccc(Cn3nc(C(c4ccccc4)c4ccccc4)ccc3=O)c2)c1. The van der Waals surface area contributed by atoms with Crippen LogP contribution in [-0.4, -0.2) is 27.5 Å². The number of aliphatic carboxylic acids is 1. The van der Waals surface area contributed by atoms with Crippen molar-refractivity contribution < 1.29 is 14.6 Å². The Hall–Kier alpha value is -4.97. The van der Waals surface area contributed by atoms with E-state index in [-0.39, 0.29) is 11.5 Å². The Bertz CT molecular complexity index is 1560. The van der Waals surface area contributed by atoms with Crippen molar-refractivity contribution in [2.45, 2.75) is 12.5 Å². The lowest BCUT2D eigenvalue weighted by atomic mass is 9.88. The van der Waals surface area contributed by atoms with Gasteiger partial charge in [0.05, 0.1) is 18.2 Å². The average Bonchev–Trinajstić information content (AvgIpc) is 2.95. The second-order valence-corrected chi connectivity index (χ2v) is 8.92. The molecule has 0 spiro atoms. The Morgan fingerprint density at radius 2 is 1.39 bits per heavy atom. The standard InChI is InChI=1S/C32H26N2O4/c35-30-18-17-29(32(24-10-3-1-4-11-24)25-12-5-2-6-13-25)33-34(30)21-23-9-7-14-26(19-23)27-15-8-16-28(20-27)38-22-31(36)37/h1-20,32H,21-22H2,(H,36,37). The van der Waals surface area contributed by atoms with Gasteiger partial charge < -0.3 is 9.84 Å². The van der Waals surface area contributed by atoms with Crippen LogP contribution in [0, 0.1) is 0 Å². The van der Waals surface area contributed by atoms with Crippen molar-refractivity contribution in [2.24, 2.45) is 0 Å². The molecule has 6 nitrogen and oxygen atoms in total. The summed E-state index contributed by atoms with van der Waals surface area (Å²) < 4.78 is 6.82. The molecule has 0 bridgehead atoms. The summed E-state index contributed by atoms with van der Waals surface area (Å²) in [4.78, 5) is 23.7. The van der Waals surface area contributed by atoms with Crippen LogP contribution in [0.25, 0.3) is 11.1 Å². The number of carboxylic acids is 1. The van der Waals surface area contributed by atoms with Crippen molar-refractivity contribution in [2.75, 3.05) is 6.61 Å². The minimum absolute atomic E-state index is 0.107. The highest BCUT2D eigenvalue weighted by Gasteiger charge is 2.19. The van der Waals surface area contributed by atoms with Crippen LogP contribution in [0.4, 0.5) is 0 Å². The van der Waals surface area contributed by atoms with E-state index in [1.54, 1.807) is 18.2 Å². The first-order valence-electron chi connectivity index (χ1n) is 12.3. The van der Waals surface area contributed by atoms with E-state index in [2.05, 4.69) is 24.3 Å². The van der Waals surface area contributed by atoms with Gasteiger partial charge in [-0.15, -0.1) is 0 Å². The summed E-state index contributed by atoms with van der Waals surface area (Å²) in [6.45, 7) is -0.0899. The highest BCUT2D eigenvalue weighted by Crippen LogP contribution is 2.30. The maximum absolute atomic E-state index is 12.8. The normalized spacial score (nSPS) is 10.9. The van der Waals surface area contributed by atoms with Gasteiger partial charge in [0.15, 0.2) is 6.61 Å². The summed E-state index contributed by atoms with van der Waals surface area (Å²) in [6, 6.07) is 38.8. The van der Waals surface area contributed by atoms with Crippen LogP contribution in [0.5, 0.6) is 5.75 Å². The highest BCUT2D eigenvalue weighted by atomic mass is 16.5. The van der Waals surface area contributed by atoms with E-state index >= 15 is 0 Å². The maximum Gasteiger partial charge on any atom is 0.341 e. The molecule has 1 aromatic heterocycles. The van der Waals surface area contributed by atoms with Crippen molar-refractivity contribution in [3.63, 3.8) is 0 Å². The molecular formula is C32H26N2O4. The number of rotatable bonds is 9. The molecule has 0 aliphatic heterocycles. The third-order valence-electron chi connectivity index (χ3n) is 6.24. The van der Waals surface area contributed by atoms with Crippen molar-refractivity contribution in [3.8, 4) is 16.9 Å². The quantitative estimate of drug-likeness (QED) is 0.284. The molecule has 5 aromatic rings. The fraction of sp³-hybridized carbons (Fsp3) is 0.0938. The van der Waals surface area contributed by atoms with Crippen molar-refractivity contribution in [3.05, 3.63) is 154 Å². The van der Waals surface area contributed by atoms with E-state index < -0.39 is 12.6 Å². The molecule has 0 radical (unpaired) electrons. The summed E-state index contributed by atoms with van der Waals surface area (Å²) >= 11 is 0. The zero-order chi connectivity index (χ0) is 26.3. The van der Waals surface area contributed by atoms with E-state index in [0.29, 0.717) is 12.3 Å². The Balaban J connectivity index is 1.45. The minimum atomic E-state index is -1.03. The second kappa shape index (κ2) is 11.4. The summed E-state index contributed by atoms with van der Waals surface area (Å²) in [5.74, 6) is -0.655. The molecule has 0 aliphatic rings. The number of carbonyl (C=O) groups is 1. The lowest BCUT2D eigenvalue weighted by Crippen LogP contribution is -2.25. The monoisotopic (exact) mass is 502 g/mol. The number of hydrogen-bond acceptors (Lipinski definition) is 4. The molecule has 6 heteroatoms.